The summed E-state index contributed by atoms with van der Waals surface area (Å²) in [5, 5.41) is 31.9. The SMILES string of the molecule is O=C(Nc1ccccc1-c1nnc(N2CCOCC2)s1)c1cc(OC[C@@H](O)CO)nc(-c2ccccc2)n1. The van der Waals surface area contributed by atoms with Crippen LogP contribution >= 0.6 is 11.3 Å². The molecule has 196 valence electrons. The minimum Gasteiger partial charge on any atom is -0.475 e. The number of nitrogens with one attached hydrogen (secondary N) is 1. The molecule has 0 unspecified atom stereocenters. The zero-order chi connectivity index (χ0) is 26.3. The number of morpholine rings is 1. The van der Waals surface area contributed by atoms with Crippen LogP contribution in [0.1, 0.15) is 10.5 Å². The third-order valence-electron chi connectivity index (χ3n) is 5.70. The zero-order valence-electron chi connectivity index (χ0n) is 20.4. The summed E-state index contributed by atoms with van der Waals surface area (Å²) < 4.78 is 11.0. The number of rotatable bonds is 9. The van der Waals surface area contributed by atoms with E-state index in [-0.39, 0.29) is 18.2 Å². The highest BCUT2D eigenvalue weighted by Crippen LogP contribution is 2.34. The van der Waals surface area contributed by atoms with Crippen LogP contribution in [0, 0.1) is 0 Å². The number of aromatic nitrogens is 4. The summed E-state index contributed by atoms with van der Waals surface area (Å²) in [6.45, 7) is 2.16. The number of hydrogen-bond donors (Lipinski definition) is 3. The molecule has 4 aromatic rings. The Kier molecular flexibility index (Phi) is 8.14. The Labute approximate surface area is 222 Å². The van der Waals surface area contributed by atoms with Gasteiger partial charge in [0.25, 0.3) is 5.91 Å². The predicted octanol–water partition coefficient (Wildman–Crippen LogP) is 2.48. The van der Waals surface area contributed by atoms with Gasteiger partial charge in [0.2, 0.25) is 11.0 Å². The van der Waals surface area contributed by atoms with Crippen molar-refractivity contribution in [3.63, 3.8) is 0 Å². The van der Waals surface area contributed by atoms with Gasteiger partial charge < -0.3 is 29.9 Å². The molecule has 1 aliphatic heterocycles. The number of aliphatic hydroxyl groups is 2. The quantitative estimate of drug-likeness (QED) is 0.293. The molecule has 0 radical (unpaired) electrons. The molecular weight excluding hydrogens is 508 g/mol. The molecule has 12 heteroatoms. The van der Waals surface area contributed by atoms with Gasteiger partial charge in [0, 0.05) is 30.3 Å². The van der Waals surface area contributed by atoms with E-state index < -0.39 is 18.6 Å². The molecule has 5 rings (SSSR count). The largest absolute Gasteiger partial charge is 0.475 e. The molecule has 38 heavy (non-hydrogen) atoms. The van der Waals surface area contributed by atoms with Gasteiger partial charge in [-0.2, -0.15) is 4.98 Å². The van der Waals surface area contributed by atoms with Gasteiger partial charge in [0.05, 0.1) is 25.5 Å². The number of nitrogens with zero attached hydrogens (tertiary/aromatic N) is 5. The minimum atomic E-state index is -1.08. The van der Waals surface area contributed by atoms with E-state index in [0.29, 0.717) is 35.3 Å². The number of ether oxygens (including phenoxy) is 2. The normalized spacial score (nSPS) is 14.2. The Balaban J connectivity index is 1.41. The predicted molar refractivity (Wildman–Crippen MR) is 142 cm³/mol. The summed E-state index contributed by atoms with van der Waals surface area (Å²) in [4.78, 5) is 24.3. The summed E-state index contributed by atoms with van der Waals surface area (Å²) in [6.07, 6.45) is -1.08. The third-order valence-corrected chi connectivity index (χ3v) is 6.72. The fraction of sp³-hybridized carbons (Fsp3) is 0.269. The molecule has 0 spiro atoms. The van der Waals surface area contributed by atoms with E-state index in [1.54, 1.807) is 6.07 Å². The van der Waals surface area contributed by atoms with Gasteiger partial charge in [-0.25, -0.2) is 4.98 Å². The fourth-order valence-corrected chi connectivity index (χ4v) is 4.67. The first-order valence-corrected chi connectivity index (χ1v) is 12.9. The Bertz CT molecular complexity index is 1380. The molecule has 1 fully saturated rings. The van der Waals surface area contributed by atoms with Crippen molar-refractivity contribution in [3.05, 3.63) is 66.4 Å². The van der Waals surface area contributed by atoms with Crippen LogP contribution in [0.15, 0.2) is 60.7 Å². The molecule has 2 aromatic heterocycles. The van der Waals surface area contributed by atoms with Gasteiger partial charge >= 0.3 is 0 Å². The second-order valence-electron chi connectivity index (χ2n) is 8.42. The monoisotopic (exact) mass is 534 g/mol. The van der Waals surface area contributed by atoms with Crippen molar-refractivity contribution in [3.8, 4) is 27.8 Å². The van der Waals surface area contributed by atoms with Crippen molar-refractivity contribution in [1.82, 2.24) is 20.2 Å². The van der Waals surface area contributed by atoms with Crippen molar-refractivity contribution < 1.29 is 24.5 Å². The molecule has 1 amide bonds. The molecule has 1 saturated heterocycles. The molecule has 3 N–H and O–H groups in total. The van der Waals surface area contributed by atoms with Crippen LogP contribution in [0.25, 0.3) is 22.0 Å². The smallest absolute Gasteiger partial charge is 0.274 e. The van der Waals surface area contributed by atoms with Crippen LogP contribution in [0.2, 0.25) is 0 Å². The van der Waals surface area contributed by atoms with Gasteiger partial charge in [-0.15, -0.1) is 10.2 Å². The summed E-state index contributed by atoms with van der Waals surface area (Å²) in [5.41, 5.74) is 2.06. The molecule has 11 nitrogen and oxygen atoms in total. The van der Waals surface area contributed by atoms with Gasteiger partial charge in [0.1, 0.15) is 18.4 Å². The first kappa shape index (κ1) is 25.7. The number of benzene rings is 2. The van der Waals surface area contributed by atoms with E-state index in [0.717, 1.165) is 23.8 Å². The lowest BCUT2D eigenvalue weighted by Crippen LogP contribution is -2.36. The Morgan fingerprint density at radius 1 is 1.08 bits per heavy atom. The number of carbonyl (C=O) groups excluding carboxylic acids is 1. The van der Waals surface area contributed by atoms with Crippen molar-refractivity contribution in [2.75, 3.05) is 49.7 Å². The highest BCUT2D eigenvalue weighted by atomic mass is 32.1. The van der Waals surface area contributed by atoms with Crippen molar-refractivity contribution in [1.29, 1.82) is 0 Å². The molecule has 1 aliphatic rings. The molecule has 0 saturated carbocycles. The number of aliphatic hydroxyl groups excluding tert-OH is 2. The van der Waals surface area contributed by atoms with Crippen LogP contribution in [-0.4, -0.2) is 81.9 Å². The maximum Gasteiger partial charge on any atom is 0.274 e. The van der Waals surface area contributed by atoms with Crippen LogP contribution < -0.4 is 15.0 Å². The number of hydrogen-bond acceptors (Lipinski definition) is 11. The third kappa shape index (κ3) is 6.11. The minimum absolute atomic E-state index is 0.0772. The zero-order valence-corrected chi connectivity index (χ0v) is 21.2. The second kappa shape index (κ2) is 12.0. The molecule has 0 aliphatic carbocycles. The average molecular weight is 535 g/mol. The number of carbonyl (C=O) groups is 1. The standard InChI is InChI=1S/C26H26N6O5S/c33-15-18(34)16-37-22-14-21(27-23(29-22)17-6-2-1-3-7-17)24(35)28-20-9-5-4-8-19(20)25-30-31-26(38-25)32-10-12-36-13-11-32/h1-9,14,18,33-34H,10-13,15-16H2,(H,28,35)/t18-/m0/s1. The molecular formula is C26H26N6O5S. The van der Waals surface area contributed by atoms with Crippen LogP contribution in [0.4, 0.5) is 10.8 Å². The maximum atomic E-state index is 13.4. The average Bonchev–Trinajstić information content (AvgIpc) is 3.47. The van der Waals surface area contributed by atoms with Gasteiger partial charge in [-0.3, -0.25) is 4.79 Å². The molecule has 1 atom stereocenters. The van der Waals surface area contributed by atoms with Gasteiger partial charge in [-0.1, -0.05) is 53.8 Å². The highest BCUT2D eigenvalue weighted by molar-refractivity contribution is 7.18. The fourth-order valence-electron chi connectivity index (χ4n) is 3.74. The number of para-hydroxylation sites is 1. The first-order chi connectivity index (χ1) is 18.6. The van der Waals surface area contributed by atoms with Gasteiger partial charge in [-0.05, 0) is 12.1 Å². The topological polar surface area (TPSA) is 143 Å². The lowest BCUT2D eigenvalue weighted by molar-refractivity contribution is 0.0520. The van der Waals surface area contributed by atoms with E-state index in [4.69, 9.17) is 14.6 Å². The van der Waals surface area contributed by atoms with Crippen LogP contribution in [-0.2, 0) is 4.74 Å². The van der Waals surface area contributed by atoms with E-state index >= 15 is 0 Å². The highest BCUT2D eigenvalue weighted by Gasteiger charge is 2.20. The van der Waals surface area contributed by atoms with Crippen LogP contribution in [0.5, 0.6) is 5.88 Å². The lowest BCUT2D eigenvalue weighted by atomic mass is 10.2. The number of anilines is 2. The summed E-state index contributed by atoms with van der Waals surface area (Å²) in [5.74, 6) is -0.0779. The Morgan fingerprint density at radius 2 is 1.84 bits per heavy atom. The van der Waals surface area contributed by atoms with Crippen molar-refractivity contribution in [2.45, 2.75) is 6.10 Å². The van der Waals surface area contributed by atoms with Crippen molar-refractivity contribution >= 4 is 28.1 Å². The number of amides is 1. The summed E-state index contributed by atoms with van der Waals surface area (Å²) >= 11 is 1.45. The van der Waals surface area contributed by atoms with E-state index in [1.807, 2.05) is 48.5 Å². The molecule has 2 aromatic carbocycles. The van der Waals surface area contributed by atoms with Gasteiger partial charge in [0.15, 0.2) is 10.8 Å². The second-order valence-corrected chi connectivity index (χ2v) is 9.37. The molecule has 3 heterocycles. The van der Waals surface area contributed by atoms with Crippen LogP contribution in [0.3, 0.4) is 0 Å². The van der Waals surface area contributed by atoms with Crippen molar-refractivity contribution in [2.24, 2.45) is 0 Å². The summed E-state index contributed by atoms with van der Waals surface area (Å²) in [6, 6.07) is 17.9. The van der Waals surface area contributed by atoms with E-state index in [1.165, 1.54) is 17.4 Å². The van der Waals surface area contributed by atoms with E-state index in [9.17, 15) is 9.90 Å². The Hall–Kier alpha value is -3.97. The van der Waals surface area contributed by atoms with E-state index in [2.05, 4.69) is 30.4 Å². The maximum absolute atomic E-state index is 13.4. The summed E-state index contributed by atoms with van der Waals surface area (Å²) in [7, 11) is 0. The lowest BCUT2D eigenvalue weighted by Gasteiger charge is -2.25. The first-order valence-electron chi connectivity index (χ1n) is 12.0. The molecule has 0 bridgehead atoms. The Morgan fingerprint density at radius 3 is 2.63 bits per heavy atom.